The normalized spacial score (nSPS) is 18.4. The van der Waals surface area contributed by atoms with Crippen molar-refractivity contribution in [3.8, 4) is 17.2 Å². The molecule has 12 heteroatoms. The van der Waals surface area contributed by atoms with Gasteiger partial charge in [-0.05, 0) is 44.0 Å². The Kier molecular flexibility index (Phi) is 6.38. The zero-order valence-electron chi connectivity index (χ0n) is 22.9. The van der Waals surface area contributed by atoms with Gasteiger partial charge in [0, 0.05) is 85.0 Å². The van der Waals surface area contributed by atoms with Crippen LogP contribution >= 0.6 is 0 Å². The monoisotopic (exact) mass is 551 g/mol. The molecule has 8 heterocycles. The Labute approximate surface area is 236 Å². The molecule has 3 saturated heterocycles. The van der Waals surface area contributed by atoms with E-state index in [1.54, 1.807) is 10.9 Å². The van der Waals surface area contributed by atoms with Crippen LogP contribution in [0.15, 0.2) is 61.2 Å². The Bertz CT molecular complexity index is 1650. The van der Waals surface area contributed by atoms with E-state index >= 15 is 0 Å². The molecule has 0 saturated carbocycles. The van der Waals surface area contributed by atoms with Crippen molar-refractivity contribution in [2.75, 3.05) is 23.3 Å². The molecule has 5 aromatic rings. The number of H-pyrrole nitrogens is 1. The minimum Gasteiger partial charge on any atom is -0.353 e. The van der Waals surface area contributed by atoms with Crippen LogP contribution in [0, 0.1) is 13.8 Å². The fourth-order valence-corrected chi connectivity index (χ4v) is 5.62. The maximum atomic E-state index is 12.8. The number of nitrogens with zero attached hydrogens (tertiary/aromatic N) is 9. The number of nitrogens with one attached hydrogen (secondary N) is 2. The van der Waals surface area contributed by atoms with Crippen LogP contribution in [-0.2, 0) is 13.2 Å². The van der Waals surface area contributed by atoms with Crippen LogP contribution in [0.5, 0.6) is 0 Å². The third-order valence-corrected chi connectivity index (χ3v) is 7.69. The van der Waals surface area contributed by atoms with Crippen molar-refractivity contribution < 1.29 is 4.39 Å². The fraction of sp³-hybridized carbons (Fsp3) is 0.310. The maximum Gasteiger partial charge on any atom is 0.163 e. The molecule has 5 aromatic heterocycles. The molecule has 2 bridgehead atoms. The summed E-state index contributed by atoms with van der Waals surface area (Å²) in [6, 6.07) is 12.9. The lowest BCUT2D eigenvalue weighted by atomic mass is 9.87. The zero-order valence-corrected chi connectivity index (χ0v) is 22.9. The summed E-state index contributed by atoms with van der Waals surface area (Å²) in [5, 5.41) is 14.6. The number of fused-ring (bicyclic) bond motifs is 2. The lowest BCUT2D eigenvalue weighted by molar-refractivity contribution is -0.00875. The highest BCUT2D eigenvalue weighted by atomic mass is 19.1. The van der Waals surface area contributed by atoms with Gasteiger partial charge in [-0.2, -0.15) is 10.2 Å². The van der Waals surface area contributed by atoms with E-state index in [2.05, 4.69) is 57.5 Å². The number of aromatic amines is 1. The molecule has 11 nitrogen and oxygen atoms in total. The van der Waals surface area contributed by atoms with Crippen LogP contribution in [-0.4, -0.2) is 70.0 Å². The number of anilines is 3. The number of hydrogen-bond donors (Lipinski definition) is 2. The third-order valence-electron chi connectivity index (χ3n) is 7.69. The molecule has 0 amide bonds. The summed E-state index contributed by atoms with van der Waals surface area (Å²) >= 11 is 0. The summed E-state index contributed by atoms with van der Waals surface area (Å²) in [5.74, 6) is 3.69. The van der Waals surface area contributed by atoms with E-state index in [0.29, 0.717) is 40.9 Å². The summed E-state index contributed by atoms with van der Waals surface area (Å²) in [7, 11) is 0. The van der Waals surface area contributed by atoms with Crippen molar-refractivity contribution in [3.63, 3.8) is 0 Å². The van der Waals surface area contributed by atoms with Crippen molar-refractivity contribution in [1.82, 2.24) is 44.8 Å². The molecule has 3 aliphatic heterocycles. The van der Waals surface area contributed by atoms with Gasteiger partial charge in [0.2, 0.25) is 0 Å². The number of aromatic nitrogens is 8. The van der Waals surface area contributed by atoms with E-state index in [1.807, 2.05) is 50.5 Å². The SMILES string of the molecule is Cc1cc(Nc2cc(C)[nH]n2)nc(-c2ccc(N3CC4CC(C3)N4Cc3ccc(-n4cc(CF)cn4)nc3)nc2)n1. The molecule has 0 spiro atoms. The number of rotatable bonds is 8. The van der Waals surface area contributed by atoms with Gasteiger partial charge in [0.15, 0.2) is 17.5 Å². The molecule has 2 unspecified atom stereocenters. The minimum absolute atomic E-state index is 0.479. The molecular weight excluding hydrogens is 521 g/mol. The number of halogens is 1. The van der Waals surface area contributed by atoms with E-state index in [-0.39, 0.29) is 0 Å². The Morgan fingerprint density at radius 2 is 1.76 bits per heavy atom. The van der Waals surface area contributed by atoms with E-state index < -0.39 is 6.67 Å². The standard InChI is InChI=1S/C29H30FN11/c1-18-7-25(35-26-8-19(2)37-38-26)36-29(34-18)22-4-6-27(32-13-22)39-16-23-9-24(17-39)40(23)14-20-3-5-28(31-11-20)41-15-21(10-30)12-33-41/h3-8,11-13,15,23-24H,9-10,14,16-17H2,1-2H3,(H2,34,35,36,37,38). The Morgan fingerprint density at radius 3 is 2.44 bits per heavy atom. The minimum atomic E-state index is -0.529. The number of pyridine rings is 2. The van der Waals surface area contributed by atoms with Crippen molar-refractivity contribution in [1.29, 1.82) is 0 Å². The van der Waals surface area contributed by atoms with Crippen molar-refractivity contribution in [2.24, 2.45) is 0 Å². The molecule has 2 N–H and O–H groups in total. The maximum absolute atomic E-state index is 12.8. The molecule has 0 radical (unpaired) electrons. The zero-order chi connectivity index (χ0) is 27.9. The molecule has 3 fully saturated rings. The number of alkyl halides is 1. The first kappa shape index (κ1) is 25.3. The van der Waals surface area contributed by atoms with Gasteiger partial charge in [0.25, 0.3) is 0 Å². The van der Waals surface area contributed by atoms with Crippen LogP contribution in [0.1, 0.15) is 28.9 Å². The van der Waals surface area contributed by atoms with Crippen LogP contribution < -0.4 is 10.2 Å². The van der Waals surface area contributed by atoms with Crippen LogP contribution in [0.25, 0.3) is 17.2 Å². The van der Waals surface area contributed by atoms with Gasteiger partial charge in [-0.1, -0.05) is 6.07 Å². The molecule has 8 rings (SSSR count). The highest BCUT2D eigenvalue weighted by molar-refractivity contribution is 5.61. The molecule has 0 aromatic carbocycles. The predicted molar refractivity (Wildman–Crippen MR) is 153 cm³/mol. The number of piperazine rings is 1. The highest BCUT2D eigenvalue weighted by Gasteiger charge is 2.44. The van der Waals surface area contributed by atoms with Crippen molar-refractivity contribution in [3.05, 3.63) is 83.7 Å². The van der Waals surface area contributed by atoms with Gasteiger partial charge < -0.3 is 10.2 Å². The average Bonchev–Trinajstić information content (AvgIpc) is 3.65. The summed E-state index contributed by atoms with van der Waals surface area (Å²) in [6.45, 7) is 6.11. The Hall–Kier alpha value is -4.71. The summed E-state index contributed by atoms with van der Waals surface area (Å²) in [6.07, 6.45) is 8.14. The van der Waals surface area contributed by atoms with Crippen LogP contribution in [0.3, 0.4) is 0 Å². The third kappa shape index (κ3) is 5.13. The van der Waals surface area contributed by atoms with Crippen LogP contribution in [0.2, 0.25) is 0 Å². The first-order chi connectivity index (χ1) is 20.0. The second kappa shape index (κ2) is 10.4. The molecule has 208 valence electrons. The highest BCUT2D eigenvalue weighted by Crippen LogP contribution is 2.35. The van der Waals surface area contributed by atoms with Crippen molar-refractivity contribution in [2.45, 2.75) is 45.6 Å². The van der Waals surface area contributed by atoms with Crippen LogP contribution in [0.4, 0.5) is 21.8 Å². The Balaban J connectivity index is 0.983. The topological polar surface area (TPSA) is 117 Å². The first-order valence-electron chi connectivity index (χ1n) is 13.7. The smallest absolute Gasteiger partial charge is 0.163 e. The summed E-state index contributed by atoms with van der Waals surface area (Å²) in [4.78, 5) is 23.6. The molecule has 2 atom stereocenters. The quantitative estimate of drug-likeness (QED) is 0.294. The second-order valence-electron chi connectivity index (χ2n) is 10.8. The van der Waals surface area contributed by atoms with Gasteiger partial charge >= 0.3 is 0 Å². The Morgan fingerprint density at radius 1 is 0.927 bits per heavy atom. The molecular formula is C29H30FN11. The van der Waals surface area contributed by atoms with Gasteiger partial charge in [-0.25, -0.2) is 29.0 Å². The second-order valence-corrected chi connectivity index (χ2v) is 10.8. The average molecular weight is 552 g/mol. The molecule has 41 heavy (non-hydrogen) atoms. The van der Waals surface area contributed by atoms with E-state index in [4.69, 9.17) is 4.98 Å². The molecule has 3 aliphatic rings. The van der Waals surface area contributed by atoms with Crippen molar-refractivity contribution >= 4 is 17.5 Å². The van der Waals surface area contributed by atoms with E-state index in [1.165, 1.54) is 12.6 Å². The number of hydrogen-bond acceptors (Lipinski definition) is 9. The van der Waals surface area contributed by atoms with Gasteiger partial charge in [-0.3, -0.25) is 10.00 Å². The van der Waals surface area contributed by atoms with Gasteiger partial charge in [-0.15, -0.1) is 0 Å². The fourth-order valence-electron chi connectivity index (χ4n) is 5.62. The van der Waals surface area contributed by atoms with Gasteiger partial charge in [0.1, 0.15) is 18.3 Å². The van der Waals surface area contributed by atoms with E-state index in [0.717, 1.165) is 48.0 Å². The number of piperidine rings is 1. The molecule has 0 aliphatic carbocycles. The largest absolute Gasteiger partial charge is 0.353 e. The summed E-state index contributed by atoms with van der Waals surface area (Å²) < 4.78 is 14.4. The van der Waals surface area contributed by atoms with E-state index in [9.17, 15) is 4.39 Å². The van der Waals surface area contributed by atoms with Gasteiger partial charge in [0.05, 0.1) is 6.20 Å². The first-order valence-corrected chi connectivity index (χ1v) is 13.7. The summed E-state index contributed by atoms with van der Waals surface area (Å²) in [5.41, 5.74) is 4.41. The predicted octanol–water partition coefficient (Wildman–Crippen LogP) is 4.14. The lowest BCUT2D eigenvalue weighted by Gasteiger charge is -2.56. The lowest BCUT2D eigenvalue weighted by Crippen LogP contribution is -2.68. The number of aryl methyl sites for hydroxylation is 2.